The number of carbonyl (C=O) groups excluding carboxylic acids is 1. The highest BCUT2D eigenvalue weighted by molar-refractivity contribution is 5.75. The molecule has 0 radical (unpaired) electrons. The first-order valence-corrected chi connectivity index (χ1v) is 4.50. The summed E-state index contributed by atoms with van der Waals surface area (Å²) in [7, 11) is 0. The molecule has 0 spiro atoms. The summed E-state index contributed by atoms with van der Waals surface area (Å²) in [5.41, 5.74) is 0. The average molecular weight is 186 g/mol. The van der Waals surface area contributed by atoms with E-state index >= 15 is 0 Å². The Morgan fingerprint density at radius 3 is 2.31 bits per heavy atom. The number of aliphatic hydroxyl groups excluding tert-OH is 1. The van der Waals surface area contributed by atoms with Crippen molar-refractivity contribution in [2.45, 2.75) is 39.9 Å². The molecule has 0 aliphatic heterocycles. The average Bonchev–Trinajstić information content (AvgIpc) is 2.02. The van der Waals surface area contributed by atoms with Crippen LogP contribution in [-0.4, -0.2) is 23.3 Å². The van der Waals surface area contributed by atoms with Crippen LogP contribution < -0.4 is 0 Å². The van der Waals surface area contributed by atoms with Gasteiger partial charge in [0, 0.05) is 5.92 Å². The van der Waals surface area contributed by atoms with Crippen molar-refractivity contribution in [2.24, 2.45) is 5.92 Å². The van der Waals surface area contributed by atoms with Gasteiger partial charge in [-0.15, -0.1) is 0 Å². The summed E-state index contributed by atoms with van der Waals surface area (Å²) in [4.78, 5) is 11.2. The molecule has 0 aromatic heterocycles. The van der Waals surface area contributed by atoms with Crippen molar-refractivity contribution in [3.05, 3.63) is 12.2 Å². The Balaban J connectivity index is 4.09. The van der Waals surface area contributed by atoms with E-state index < -0.39 is 12.1 Å². The molecule has 13 heavy (non-hydrogen) atoms. The predicted molar refractivity (Wildman–Crippen MR) is 51.2 cm³/mol. The molecule has 3 nitrogen and oxygen atoms in total. The molecule has 0 bridgehead atoms. The summed E-state index contributed by atoms with van der Waals surface area (Å²) in [5, 5.41) is 9.44. The van der Waals surface area contributed by atoms with Gasteiger partial charge in [0.15, 0.2) is 6.10 Å². The van der Waals surface area contributed by atoms with E-state index in [1.807, 2.05) is 6.92 Å². The highest BCUT2D eigenvalue weighted by atomic mass is 16.6. The van der Waals surface area contributed by atoms with E-state index in [1.54, 1.807) is 32.9 Å². The molecular weight excluding hydrogens is 168 g/mol. The molecule has 0 aliphatic carbocycles. The van der Waals surface area contributed by atoms with Gasteiger partial charge in [-0.2, -0.15) is 0 Å². The fourth-order valence-corrected chi connectivity index (χ4v) is 0.925. The zero-order chi connectivity index (χ0) is 10.4. The fourth-order valence-electron chi connectivity index (χ4n) is 0.925. The van der Waals surface area contributed by atoms with E-state index in [0.29, 0.717) is 0 Å². The van der Waals surface area contributed by atoms with Crippen LogP contribution in [-0.2, 0) is 9.53 Å². The number of allylic oxidation sites excluding steroid dienone is 1. The molecule has 0 aliphatic rings. The SMILES string of the molecule is C/C=C\[C@H](C)[C@@H](O)C(=O)OC(C)C. The van der Waals surface area contributed by atoms with Crippen LogP contribution in [0.5, 0.6) is 0 Å². The Kier molecular flexibility index (Phi) is 5.39. The van der Waals surface area contributed by atoms with Gasteiger partial charge in [0.1, 0.15) is 0 Å². The summed E-state index contributed by atoms with van der Waals surface area (Å²) in [5.74, 6) is -0.753. The summed E-state index contributed by atoms with van der Waals surface area (Å²) in [6, 6.07) is 0. The van der Waals surface area contributed by atoms with Crippen LogP contribution in [0.4, 0.5) is 0 Å². The fraction of sp³-hybridized carbons (Fsp3) is 0.700. The summed E-state index contributed by atoms with van der Waals surface area (Å²) >= 11 is 0. The standard InChI is InChI=1S/C10H18O3/c1-5-6-8(4)9(11)10(12)13-7(2)3/h5-9,11H,1-4H3/b6-5-/t8-,9+/m0/s1. The lowest BCUT2D eigenvalue weighted by Gasteiger charge is -2.16. The minimum absolute atomic E-state index is 0.181. The van der Waals surface area contributed by atoms with Gasteiger partial charge in [-0.3, -0.25) is 0 Å². The smallest absolute Gasteiger partial charge is 0.335 e. The summed E-state index contributed by atoms with van der Waals surface area (Å²) in [6.07, 6.45) is 2.33. The topological polar surface area (TPSA) is 46.5 Å². The van der Waals surface area contributed by atoms with Gasteiger partial charge < -0.3 is 9.84 Å². The molecule has 0 saturated carbocycles. The zero-order valence-corrected chi connectivity index (χ0v) is 8.65. The van der Waals surface area contributed by atoms with Gasteiger partial charge in [0.25, 0.3) is 0 Å². The highest BCUT2D eigenvalue weighted by Gasteiger charge is 2.22. The molecule has 0 unspecified atom stereocenters. The third-order valence-electron chi connectivity index (χ3n) is 1.59. The van der Waals surface area contributed by atoms with E-state index in [2.05, 4.69) is 0 Å². The second-order valence-electron chi connectivity index (χ2n) is 3.32. The normalized spacial score (nSPS) is 16.2. The lowest BCUT2D eigenvalue weighted by Crippen LogP contribution is -2.30. The second-order valence-corrected chi connectivity index (χ2v) is 3.32. The van der Waals surface area contributed by atoms with E-state index in [0.717, 1.165) is 0 Å². The molecule has 2 atom stereocenters. The molecule has 0 aromatic rings. The first kappa shape index (κ1) is 12.2. The van der Waals surface area contributed by atoms with E-state index in [-0.39, 0.29) is 12.0 Å². The lowest BCUT2D eigenvalue weighted by molar-refractivity contribution is -0.159. The van der Waals surface area contributed by atoms with E-state index in [4.69, 9.17) is 4.74 Å². The number of carbonyl (C=O) groups is 1. The number of hydrogen-bond donors (Lipinski definition) is 1. The molecule has 0 amide bonds. The van der Waals surface area contributed by atoms with Crippen LogP contribution in [0.3, 0.4) is 0 Å². The monoisotopic (exact) mass is 186 g/mol. The maximum Gasteiger partial charge on any atom is 0.335 e. The minimum Gasteiger partial charge on any atom is -0.461 e. The van der Waals surface area contributed by atoms with Gasteiger partial charge in [-0.25, -0.2) is 4.79 Å². The number of rotatable bonds is 4. The van der Waals surface area contributed by atoms with Crippen molar-refractivity contribution >= 4 is 5.97 Å². The molecule has 1 N–H and O–H groups in total. The molecular formula is C10H18O3. The second kappa shape index (κ2) is 5.75. The summed E-state index contributed by atoms with van der Waals surface area (Å²) < 4.78 is 4.86. The Morgan fingerprint density at radius 2 is 1.92 bits per heavy atom. The Bertz CT molecular complexity index is 185. The Morgan fingerprint density at radius 1 is 1.38 bits per heavy atom. The minimum atomic E-state index is -1.06. The van der Waals surface area contributed by atoms with E-state index in [1.165, 1.54) is 0 Å². The van der Waals surface area contributed by atoms with Crippen LogP contribution in [0.2, 0.25) is 0 Å². The van der Waals surface area contributed by atoms with Crippen molar-refractivity contribution in [2.75, 3.05) is 0 Å². The van der Waals surface area contributed by atoms with Crippen molar-refractivity contribution in [1.29, 1.82) is 0 Å². The number of ether oxygens (including phenoxy) is 1. The lowest BCUT2D eigenvalue weighted by atomic mass is 10.0. The molecule has 0 fully saturated rings. The molecule has 0 rings (SSSR count). The van der Waals surface area contributed by atoms with Gasteiger partial charge in [-0.05, 0) is 20.8 Å². The molecule has 0 aromatic carbocycles. The first-order chi connectivity index (χ1) is 5.99. The van der Waals surface area contributed by atoms with Crippen molar-refractivity contribution in [3.8, 4) is 0 Å². The van der Waals surface area contributed by atoms with E-state index in [9.17, 15) is 9.90 Å². The van der Waals surface area contributed by atoms with Crippen LogP contribution in [0, 0.1) is 5.92 Å². The van der Waals surface area contributed by atoms with Crippen molar-refractivity contribution < 1.29 is 14.6 Å². The van der Waals surface area contributed by atoms with Crippen LogP contribution in [0.1, 0.15) is 27.7 Å². The maximum atomic E-state index is 11.2. The van der Waals surface area contributed by atoms with Crippen LogP contribution >= 0.6 is 0 Å². The molecule has 76 valence electrons. The van der Waals surface area contributed by atoms with Gasteiger partial charge in [-0.1, -0.05) is 19.1 Å². The number of hydrogen-bond acceptors (Lipinski definition) is 3. The van der Waals surface area contributed by atoms with Crippen LogP contribution in [0.15, 0.2) is 12.2 Å². The van der Waals surface area contributed by atoms with Crippen LogP contribution in [0.25, 0.3) is 0 Å². The molecule has 3 heteroatoms. The van der Waals surface area contributed by atoms with Gasteiger partial charge in [0.05, 0.1) is 6.10 Å². The van der Waals surface area contributed by atoms with Crippen molar-refractivity contribution in [3.63, 3.8) is 0 Å². The number of esters is 1. The van der Waals surface area contributed by atoms with Gasteiger partial charge in [0.2, 0.25) is 0 Å². The molecule has 0 heterocycles. The quantitative estimate of drug-likeness (QED) is 0.534. The summed E-state index contributed by atoms with van der Waals surface area (Å²) in [6.45, 7) is 7.12. The Labute approximate surface area is 79.4 Å². The van der Waals surface area contributed by atoms with Crippen molar-refractivity contribution in [1.82, 2.24) is 0 Å². The largest absolute Gasteiger partial charge is 0.461 e. The third kappa shape index (κ3) is 4.68. The molecule has 0 saturated heterocycles. The third-order valence-corrected chi connectivity index (χ3v) is 1.59. The first-order valence-electron chi connectivity index (χ1n) is 4.50. The highest BCUT2D eigenvalue weighted by Crippen LogP contribution is 2.07. The number of aliphatic hydroxyl groups is 1. The zero-order valence-electron chi connectivity index (χ0n) is 8.65. The predicted octanol–water partition coefficient (Wildman–Crippen LogP) is 1.51. The Hall–Kier alpha value is -0.830. The maximum absolute atomic E-state index is 11.2. The van der Waals surface area contributed by atoms with Gasteiger partial charge >= 0.3 is 5.97 Å².